The van der Waals surface area contributed by atoms with E-state index in [1.54, 1.807) is 0 Å². The van der Waals surface area contributed by atoms with Gasteiger partial charge in [0.15, 0.2) is 11.9 Å². The molecule has 114 valence electrons. The van der Waals surface area contributed by atoms with Gasteiger partial charge in [0.1, 0.15) is 5.75 Å². The summed E-state index contributed by atoms with van der Waals surface area (Å²) in [5.74, 6) is 1.85. The number of aryl methyl sites for hydroxylation is 1. The van der Waals surface area contributed by atoms with Crippen LogP contribution < -0.4 is 4.74 Å². The monoisotopic (exact) mass is 294 g/mol. The van der Waals surface area contributed by atoms with Gasteiger partial charge in [-0.1, -0.05) is 24.3 Å². The zero-order valence-electron chi connectivity index (χ0n) is 13.6. The van der Waals surface area contributed by atoms with Crippen LogP contribution in [0, 0.1) is 6.92 Å². The number of ether oxygens (including phenoxy) is 1. The first-order valence-corrected chi connectivity index (χ1v) is 7.76. The molecule has 1 heterocycles. The highest BCUT2D eigenvalue weighted by molar-refractivity contribution is 5.76. The molecule has 2 aromatic carbocycles. The number of rotatable bonds is 4. The van der Waals surface area contributed by atoms with Gasteiger partial charge in [-0.25, -0.2) is 4.98 Å². The number of nitrogens with zero attached hydrogens (tertiary/aromatic N) is 2. The third-order valence-corrected chi connectivity index (χ3v) is 3.81. The Morgan fingerprint density at radius 3 is 2.50 bits per heavy atom. The average Bonchev–Trinajstić information content (AvgIpc) is 2.87. The average molecular weight is 294 g/mol. The van der Waals surface area contributed by atoms with Crippen LogP contribution in [0.5, 0.6) is 5.75 Å². The van der Waals surface area contributed by atoms with Gasteiger partial charge < -0.3 is 9.30 Å². The Morgan fingerprint density at radius 2 is 1.77 bits per heavy atom. The van der Waals surface area contributed by atoms with Crippen molar-refractivity contribution < 1.29 is 4.74 Å². The number of imidazole rings is 1. The SMILES string of the molecule is Cc1cccc(OC(C)c2nc3ccccc3n2C(C)C)c1. The molecule has 0 saturated carbocycles. The Morgan fingerprint density at radius 1 is 1.00 bits per heavy atom. The van der Waals surface area contributed by atoms with E-state index in [0.29, 0.717) is 6.04 Å². The molecule has 0 aliphatic carbocycles. The normalized spacial score (nSPS) is 12.8. The molecule has 0 amide bonds. The van der Waals surface area contributed by atoms with Gasteiger partial charge in [-0.05, 0) is 57.5 Å². The van der Waals surface area contributed by atoms with Gasteiger partial charge in [0.2, 0.25) is 0 Å². The van der Waals surface area contributed by atoms with Crippen molar-refractivity contribution in [3.05, 3.63) is 59.9 Å². The lowest BCUT2D eigenvalue weighted by atomic mass is 10.2. The first kappa shape index (κ1) is 14.6. The van der Waals surface area contributed by atoms with Crippen molar-refractivity contribution in [2.24, 2.45) is 0 Å². The van der Waals surface area contributed by atoms with Crippen LogP contribution in [-0.2, 0) is 0 Å². The molecular weight excluding hydrogens is 272 g/mol. The van der Waals surface area contributed by atoms with Gasteiger partial charge in [0, 0.05) is 6.04 Å². The van der Waals surface area contributed by atoms with E-state index in [-0.39, 0.29) is 6.10 Å². The molecule has 1 atom stereocenters. The summed E-state index contributed by atoms with van der Waals surface area (Å²) in [5.41, 5.74) is 3.38. The lowest BCUT2D eigenvalue weighted by molar-refractivity contribution is 0.209. The Labute approximate surface area is 131 Å². The summed E-state index contributed by atoms with van der Waals surface area (Å²) < 4.78 is 8.38. The third kappa shape index (κ3) is 2.71. The fraction of sp³-hybridized carbons (Fsp3) is 0.316. The highest BCUT2D eigenvalue weighted by atomic mass is 16.5. The first-order chi connectivity index (χ1) is 10.6. The molecule has 0 spiro atoms. The molecule has 0 bridgehead atoms. The van der Waals surface area contributed by atoms with Crippen LogP contribution in [0.15, 0.2) is 48.5 Å². The topological polar surface area (TPSA) is 27.1 Å². The first-order valence-electron chi connectivity index (χ1n) is 7.76. The lowest BCUT2D eigenvalue weighted by Crippen LogP contribution is -2.13. The molecule has 22 heavy (non-hydrogen) atoms. The Balaban J connectivity index is 2.00. The summed E-state index contributed by atoms with van der Waals surface area (Å²) in [6.07, 6.45) is -0.100. The molecule has 0 saturated heterocycles. The minimum absolute atomic E-state index is 0.100. The molecule has 1 unspecified atom stereocenters. The van der Waals surface area contributed by atoms with Crippen LogP contribution in [-0.4, -0.2) is 9.55 Å². The number of fused-ring (bicyclic) bond motifs is 1. The number of hydrogen-bond acceptors (Lipinski definition) is 2. The van der Waals surface area contributed by atoms with E-state index in [1.165, 1.54) is 5.56 Å². The Bertz CT molecular complexity index is 789. The van der Waals surface area contributed by atoms with Crippen molar-refractivity contribution in [1.82, 2.24) is 9.55 Å². The summed E-state index contributed by atoms with van der Waals surface area (Å²) >= 11 is 0. The summed E-state index contributed by atoms with van der Waals surface area (Å²) in [6, 6.07) is 16.7. The van der Waals surface area contributed by atoms with Crippen molar-refractivity contribution >= 4 is 11.0 Å². The zero-order valence-corrected chi connectivity index (χ0v) is 13.6. The van der Waals surface area contributed by atoms with Crippen LogP contribution >= 0.6 is 0 Å². The minimum Gasteiger partial charge on any atom is -0.483 e. The standard InChI is InChI=1S/C19H22N2O/c1-13(2)21-18-11-6-5-10-17(18)20-19(21)15(4)22-16-9-7-8-14(3)12-16/h5-13,15H,1-4H3. The lowest BCUT2D eigenvalue weighted by Gasteiger charge is -2.19. The highest BCUT2D eigenvalue weighted by Gasteiger charge is 2.19. The fourth-order valence-corrected chi connectivity index (χ4v) is 2.84. The van der Waals surface area contributed by atoms with Gasteiger partial charge in [-0.2, -0.15) is 0 Å². The second kappa shape index (κ2) is 5.84. The summed E-state index contributed by atoms with van der Waals surface area (Å²) in [4.78, 5) is 4.79. The van der Waals surface area contributed by atoms with Crippen molar-refractivity contribution in [3.63, 3.8) is 0 Å². The van der Waals surface area contributed by atoms with E-state index in [0.717, 1.165) is 22.6 Å². The van der Waals surface area contributed by atoms with Crippen molar-refractivity contribution in [2.75, 3.05) is 0 Å². The maximum absolute atomic E-state index is 6.12. The van der Waals surface area contributed by atoms with Gasteiger partial charge in [0.05, 0.1) is 11.0 Å². The molecule has 3 aromatic rings. The molecule has 0 radical (unpaired) electrons. The molecule has 0 aliphatic heterocycles. The predicted octanol–water partition coefficient (Wildman–Crippen LogP) is 5.07. The van der Waals surface area contributed by atoms with E-state index in [4.69, 9.17) is 9.72 Å². The van der Waals surface area contributed by atoms with E-state index < -0.39 is 0 Å². The van der Waals surface area contributed by atoms with Crippen LogP contribution in [0.25, 0.3) is 11.0 Å². The number of aromatic nitrogens is 2. The van der Waals surface area contributed by atoms with Crippen molar-refractivity contribution in [2.45, 2.75) is 39.8 Å². The van der Waals surface area contributed by atoms with Crippen molar-refractivity contribution in [3.8, 4) is 5.75 Å². The van der Waals surface area contributed by atoms with E-state index in [9.17, 15) is 0 Å². The second-order valence-corrected chi connectivity index (χ2v) is 6.00. The molecule has 0 aliphatic rings. The number of para-hydroxylation sites is 2. The molecular formula is C19H22N2O. The van der Waals surface area contributed by atoms with Crippen LogP contribution in [0.2, 0.25) is 0 Å². The maximum atomic E-state index is 6.12. The molecule has 0 N–H and O–H groups in total. The summed E-state index contributed by atoms with van der Waals surface area (Å²) in [7, 11) is 0. The maximum Gasteiger partial charge on any atom is 0.153 e. The Kier molecular flexibility index (Phi) is 3.88. The molecule has 3 rings (SSSR count). The third-order valence-electron chi connectivity index (χ3n) is 3.81. The second-order valence-electron chi connectivity index (χ2n) is 6.00. The van der Waals surface area contributed by atoms with Crippen LogP contribution in [0.4, 0.5) is 0 Å². The summed E-state index contributed by atoms with van der Waals surface area (Å²) in [6.45, 7) is 8.48. The minimum atomic E-state index is -0.100. The Hall–Kier alpha value is -2.29. The molecule has 3 heteroatoms. The number of hydrogen-bond donors (Lipinski definition) is 0. The summed E-state index contributed by atoms with van der Waals surface area (Å²) in [5, 5.41) is 0. The van der Waals surface area contributed by atoms with Gasteiger partial charge in [0.25, 0.3) is 0 Å². The molecule has 1 aromatic heterocycles. The van der Waals surface area contributed by atoms with E-state index in [1.807, 2.05) is 18.2 Å². The molecule has 3 nitrogen and oxygen atoms in total. The van der Waals surface area contributed by atoms with E-state index in [2.05, 4.69) is 62.6 Å². The van der Waals surface area contributed by atoms with Gasteiger partial charge >= 0.3 is 0 Å². The molecule has 0 fully saturated rings. The number of benzene rings is 2. The van der Waals surface area contributed by atoms with Crippen molar-refractivity contribution in [1.29, 1.82) is 0 Å². The smallest absolute Gasteiger partial charge is 0.153 e. The zero-order chi connectivity index (χ0) is 15.7. The van der Waals surface area contributed by atoms with Gasteiger partial charge in [-0.15, -0.1) is 0 Å². The highest BCUT2D eigenvalue weighted by Crippen LogP contribution is 2.28. The van der Waals surface area contributed by atoms with Crippen LogP contribution in [0.1, 0.15) is 44.3 Å². The quantitative estimate of drug-likeness (QED) is 0.672. The largest absolute Gasteiger partial charge is 0.483 e. The predicted molar refractivity (Wildman–Crippen MR) is 90.3 cm³/mol. The fourth-order valence-electron chi connectivity index (χ4n) is 2.84. The van der Waals surface area contributed by atoms with Crippen LogP contribution in [0.3, 0.4) is 0 Å². The van der Waals surface area contributed by atoms with Gasteiger partial charge in [-0.3, -0.25) is 0 Å². The van der Waals surface area contributed by atoms with E-state index >= 15 is 0 Å².